The van der Waals surface area contributed by atoms with Gasteiger partial charge in [0.2, 0.25) is 11.8 Å². The lowest BCUT2D eigenvalue weighted by atomic mass is 10.2. The fourth-order valence-corrected chi connectivity index (χ4v) is 1.79. The maximum atomic E-state index is 10.2. The number of carbonyl (C=O) groups excluding carboxylic acids is 2. The van der Waals surface area contributed by atoms with Gasteiger partial charge in [-0.2, -0.15) is 0 Å². The topological polar surface area (TPSA) is 265 Å². The number of hydrogen-bond donors (Lipinski definition) is 8. The molecule has 0 aromatic heterocycles. The number of hydrogen-bond acceptors (Lipinski definition) is 8. The number of aliphatic carboxylic acids is 2. The zero-order valence-electron chi connectivity index (χ0n) is 19.3. The Labute approximate surface area is 191 Å². The van der Waals surface area contributed by atoms with Crippen LogP contribution in [0.5, 0.6) is 0 Å². The zero-order valence-corrected chi connectivity index (χ0v) is 19.3. The molecule has 0 aliphatic carbocycles. The van der Waals surface area contributed by atoms with Gasteiger partial charge >= 0.3 is 11.9 Å². The largest absolute Gasteiger partial charge is 0.481 e. The van der Waals surface area contributed by atoms with Crippen molar-refractivity contribution >= 4 is 23.8 Å². The van der Waals surface area contributed by atoms with Gasteiger partial charge in [-0.3, -0.25) is 19.2 Å². The van der Waals surface area contributed by atoms with Crippen LogP contribution in [0.2, 0.25) is 0 Å². The van der Waals surface area contributed by atoms with E-state index in [0.29, 0.717) is 51.6 Å². The first-order valence-corrected chi connectivity index (χ1v) is 10.9. The van der Waals surface area contributed by atoms with E-state index >= 15 is 0 Å². The Bertz CT molecular complexity index is 380. The summed E-state index contributed by atoms with van der Waals surface area (Å²) in [6.07, 6.45) is 7.79. The van der Waals surface area contributed by atoms with Gasteiger partial charge in [0, 0.05) is 38.8 Å². The van der Waals surface area contributed by atoms with Gasteiger partial charge in [-0.25, -0.2) is 0 Å². The van der Waals surface area contributed by atoms with Crippen molar-refractivity contribution in [2.45, 2.75) is 77.0 Å². The average molecular weight is 467 g/mol. The molecule has 0 saturated carbocycles. The molecule has 0 aliphatic rings. The van der Waals surface area contributed by atoms with E-state index in [2.05, 4.69) is 0 Å². The van der Waals surface area contributed by atoms with Gasteiger partial charge in [-0.1, -0.05) is 12.8 Å². The number of rotatable bonds is 16. The Morgan fingerprint density at radius 2 is 0.719 bits per heavy atom. The molecule has 0 rings (SSSR count). The van der Waals surface area contributed by atoms with Crippen LogP contribution in [0, 0.1) is 0 Å². The second kappa shape index (κ2) is 33.4. The van der Waals surface area contributed by atoms with Crippen molar-refractivity contribution in [3.63, 3.8) is 0 Å². The summed E-state index contributed by atoms with van der Waals surface area (Å²) in [5, 5.41) is 16.3. The Morgan fingerprint density at radius 1 is 0.438 bits per heavy atom. The third-order valence-corrected chi connectivity index (χ3v) is 3.45. The van der Waals surface area contributed by atoms with Gasteiger partial charge in [-0.15, -0.1) is 0 Å². The highest BCUT2D eigenvalue weighted by Crippen LogP contribution is 1.99. The number of amides is 2. The Hall–Kier alpha value is -2.28. The van der Waals surface area contributed by atoms with E-state index in [9.17, 15) is 19.2 Å². The number of carboxylic acids is 2. The number of carbonyl (C=O) groups is 4. The molecule has 0 saturated heterocycles. The minimum Gasteiger partial charge on any atom is -0.481 e. The van der Waals surface area contributed by atoms with Crippen molar-refractivity contribution in [3.05, 3.63) is 0 Å². The van der Waals surface area contributed by atoms with Crippen molar-refractivity contribution in [1.29, 1.82) is 0 Å². The van der Waals surface area contributed by atoms with Crippen LogP contribution in [-0.2, 0) is 19.2 Å². The molecule has 2 amide bonds. The van der Waals surface area contributed by atoms with E-state index in [0.717, 1.165) is 25.9 Å². The van der Waals surface area contributed by atoms with Crippen LogP contribution in [0.15, 0.2) is 0 Å². The lowest BCUT2D eigenvalue weighted by molar-refractivity contribution is -0.139. The Kier molecular flexibility index (Phi) is 38.6. The normalized spacial score (nSPS) is 9.12. The van der Waals surface area contributed by atoms with E-state index in [1.54, 1.807) is 0 Å². The van der Waals surface area contributed by atoms with Gasteiger partial charge < -0.3 is 44.6 Å². The number of nitrogens with two attached hydrogens (primary N) is 6. The lowest BCUT2D eigenvalue weighted by Crippen LogP contribution is -2.12. The quantitative estimate of drug-likeness (QED) is 0.136. The number of unbranched alkanes of at least 4 members (excludes halogenated alkanes) is 5. The smallest absolute Gasteiger partial charge is 0.303 e. The predicted molar refractivity (Wildman–Crippen MR) is 125 cm³/mol. The summed E-state index contributed by atoms with van der Waals surface area (Å²) in [6, 6.07) is 0. The number of carboxylic acid groups (broad SMARTS) is 2. The highest BCUT2D eigenvalue weighted by Gasteiger charge is 1.99. The minimum atomic E-state index is -0.870. The van der Waals surface area contributed by atoms with Crippen molar-refractivity contribution in [3.8, 4) is 0 Å². The molecule has 192 valence electrons. The van der Waals surface area contributed by atoms with Crippen LogP contribution in [0.3, 0.4) is 0 Å². The Morgan fingerprint density at radius 3 is 0.906 bits per heavy atom. The molecule has 14 N–H and O–H groups in total. The van der Waals surface area contributed by atoms with Gasteiger partial charge in [0.1, 0.15) is 0 Å². The molecule has 0 atom stereocenters. The Balaban J connectivity index is -0.000000170. The van der Waals surface area contributed by atoms with Gasteiger partial charge in [-0.05, 0) is 51.6 Å². The SMILES string of the molecule is NC(=O)CCCCC(N)=O.NCCCCCCN.NCCN.O=C(O)CCCCC(=O)O. The van der Waals surface area contributed by atoms with Gasteiger partial charge in [0.15, 0.2) is 0 Å². The minimum absolute atomic E-state index is 0.0628. The van der Waals surface area contributed by atoms with Crippen LogP contribution < -0.4 is 34.4 Å². The fourth-order valence-electron chi connectivity index (χ4n) is 1.79. The summed E-state index contributed by atoms with van der Waals surface area (Å²) in [7, 11) is 0. The summed E-state index contributed by atoms with van der Waals surface area (Å²) in [4.78, 5) is 40.1. The summed E-state index contributed by atoms with van der Waals surface area (Å²) < 4.78 is 0. The summed E-state index contributed by atoms with van der Waals surface area (Å²) in [5.74, 6) is -2.40. The molecular formula is C20H46N6O6. The second-order valence-electron chi connectivity index (χ2n) is 6.70. The predicted octanol–water partition coefficient (Wildman–Crippen LogP) is -0.399. The van der Waals surface area contributed by atoms with E-state index < -0.39 is 11.9 Å². The van der Waals surface area contributed by atoms with Crippen LogP contribution in [0.4, 0.5) is 0 Å². The molecule has 0 unspecified atom stereocenters. The highest BCUT2D eigenvalue weighted by atomic mass is 16.4. The first-order valence-electron chi connectivity index (χ1n) is 10.9. The molecule has 0 heterocycles. The second-order valence-corrected chi connectivity index (χ2v) is 6.70. The fraction of sp³-hybridized carbons (Fsp3) is 0.800. The summed E-state index contributed by atoms with van der Waals surface area (Å²) in [5.41, 5.74) is 30.1. The van der Waals surface area contributed by atoms with Crippen LogP contribution >= 0.6 is 0 Å². The summed E-state index contributed by atoms with van der Waals surface area (Å²) >= 11 is 0. The molecule has 32 heavy (non-hydrogen) atoms. The van der Waals surface area contributed by atoms with Crippen molar-refractivity contribution in [2.24, 2.45) is 34.4 Å². The van der Waals surface area contributed by atoms with Gasteiger partial charge in [0.25, 0.3) is 0 Å². The lowest BCUT2D eigenvalue weighted by Gasteiger charge is -1.94. The van der Waals surface area contributed by atoms with Crippen molar-refractivity contribution < 1.29 is 29.4 Å². The summed E-state index contributed by atoms with van der Waals surface area (Å²) in [6.45, 7) is 2.84. The highest BCUT2D eigenvalue weighted by molar-refractivity contribution is 5.74. The maximum absolute atomic E-state index is 10.2. The number of primary amides is 2. The molecule has 0 aromatic rings. The molecule has 0 fully saturated rings. The maximum Gasteiger partial charge on any atom is 0.303 e. The molecule has 0 bridgehead atoms. The molecular weight excluding hydrogens is 420 g/mol. The first-order chi connectivity index (χ1) is 15.1. The molecule has 0 spiro atoms. The third kappa shape index (κ3) is 63.0. The standard InChI is InChI=1S/C6H12N2O2.C6H16N2.C6H10O4.C2H8N2/c7-5(9)3-1-2-4-6(8)10;7-5-3-1-2-4-6-8;7-5(8)3-1-2-4-6(9)10;3-1-2-4/h1-4H2,(H2,7,9)(H2,8,10);1-8H2;1-4H2,(H,7,8)(H,9,10);1-4H2. The first kappa shape index (κ1) is 37.1. The van der Waals surface area contributed by atoms with Gasteiger partial charge in [0.05, 0.1) is 0 Å². The molecule has 0 aromatic carbocycles. The van der Waals surface area contributed by atoms with Crippen LogP contribution in [0.1, 0.15) is 77.0 Å². The van der Waals surface area contributed by atoms with Crippen molar-refractivity contribution in [1.82, 2.24) is 0 Å². The van der Waals surface area contributed by atoms with E-state index in [1.165, 1.54) is 12.8 Å². The molecule has 0 aliphatic heterocycles. The van der Waals surface area contributed by atoms with Crippen LogP contribution in [0.25, 0.3) is 0 Å². The van der Waals surface area contributed by atoms with E-state index in [4.69, 9.17) is 44.6 Å². The molecule has 0 radical (unpaired) electrons. The molecule has 12 nitrogen and oxygen atoms in total. The third-order valence-electron chi connectivity index (χ3n) is 3.45. The van der Waals surface area contributed by atoms with Crippen molar-refractivity contribution in [2.75, 3.05) is 26.2 Å². The molecule has 12 heteroatoms. The zero-order chi connectivity index (χ0) is 25.6. The monoisotopic (exact) mass is 466 g/mol. The van der Waals surface area contributed by atoms with E-state index in [-0.39, 0.29) is 24.7 Å². The van der Waals surface area contributed by atoms with E-state index in [1.807, 2.05) is 0 Å². The average Bonchev–Trinajstić information content (AvgIpc) is 2.72. The van der Waals surface area contributed by atoms with Crippen LogP contribution in [-0.4, -0.2) is 60.1 Å².